The van der Waals surface area contributed by atoms with Gasteiger partial charge < -0.3 is 13.9 Å². The molecule has 0 aliphatic carbocycles. The van der Waals surface area contributed by atoms with Gasteiger partial charge in [0.1, 0.15) is 17.6 Å². The lowest BCUT2D eigenvalue weighted by molar-refractivity contribution is -0.150. The number of carbonyl (C=O) groups is 1. The SMILES string of the molecule is CCOC(=O)C1c2cc(OCCc3nc(-c4ccccc4)oc3C)ccc2CCN1Cc1ccc(C)cc1. The van der Waals surface area contributed by atoms with Gasteiger partial charge in [-0.3, -0.25) is 4.90 Å². The molecule has 1 aromatic heterocycles. The standard InChI is InChI=1S/C32H34N2O4/c1-4-36-32(35)30-28-20-27(15-14-25(28)16-18-34(30)21-24-12-10-22(2)11-13-24)37-19-17-29-23(3)38-31(33-29)26-8-6-5-7-9-26/h5-15,20,30H,4,16-19,21H2,1-3H3. The molecule has 0 saturated carbocycles. The highest BCUT2D eigenvalue weighted by Crippen LogP contribution is 2.35. The van der Waals surface area contributed by atoms with E-state index in [9.17, 15) is 4.79 Å². The Hall–Kier alpha value is -3.90. The number of nitrogens with zero attached hydrogens (tertiary/aromatic N) is 2. The number of oxazole rings is 1. The zero-order valence-corrected chi connectivity index (χ0v) is 22.3. The Kier molecular flexibility index (Phi) is 7.89. The Balaban J connectivity index is 1.31. The Morgan fingerprint density at radius 2 is 1.84 bits per heavy atom. The van der Waals surface area contributed by atoms with Crippen molar-refractivity contribution < 1.29 is 18.7 Å². The van der Waals surface area contributed by atoms with Gasteiger partial charge in [0.25, 0.3) is 0 Å². The van der Waals surface area contributed by atoms with Gasteiger partial charge in [-0.2, -0.15) is 0 Å². The first-order chi connectivity index (χ1) is 18.5. The van der Waals surface area contributed by atoms with Gasteiger partial charge in [0, 0.05) is 25.1 Å². The molecule has 4 aromatic rings. The molecule has 0 bridgehead atoms. The first kappa shape index (κ1) is 25.7. The molecule has 1 aliphatic rings. The predicted octanol–water partition coefficient (Wildman–Crippen LogP) is 6.24. The molecule has 1 atom stereocenters. The molecule has 1 aliphatic heterocycles. The van der Waals surface area contributed by atoms with Gasteiger partial charge >= 0.3 is 5.97 Å². The molecule has 0 saturated heterocycles. The Labute approximate surface area is 224 Å². The van der Waals surface area contributed by atoms with E-state index in [0.29, 0.717) is 32.1 Å². The van der Waals surface area contributed by atoms with Gasteiger partial charge in [-0.1, -0.05) is 54.1 Å². The summed E-state index contributed by atoms with van der Waals surface area (Å²) in [6, 6.07) is 24.0. The summed E-state index contributed by atoms with van der Waals surface area (Å²) in [5.41, 5.74) is 6.36. The van der Waals surface area contributed by atoms with E-state index in [1.54, 1.807) is 0 Å². The number of aryl methyl sites for hydroxylation is 2. The Morgan fingerprint density at radius 3 is 2.61 bits per heavy atom. The molecule has 0 spiro atoms. The molecule has 0 amide bonds. The van der Waals surface area contributed by atoms with Gasteiger partial charge in [0.2, 0.25) is 5.89 Å². The summed E-state index contributed by atoms with van der Waals surface area (Å²) in [5, 5.41) is 0. The quantitative estimate of drug-likeness (QED) is 0.248. The highest BCUT2D eigenvalue weighted by Gasteiger charge is 2.34. The van der Waals surface area contributed by atoms with Crippen LogP contribution in [-0.4, -0.2) is 35.6 Å². The summed E-state index contributed by atoms with van der Waals surface area (Å²) in [7, 11) is 0. The highest BCUT2D eigenvalue weighted by atomic mass is 16.5. The molecule has 0 radical (unpaired) electrons. The van der Waals surface area contributed by atoms with Crippen LogP contribution >= 0.6 is 0 Å². The van der Waals surface area contributed by atoms with Crippen LogP contribution in [0.25, 0.3) is 11.5 Å². The van der Waals surface area contributed by atoms with Crippen molar-refractivity contribution in [3.8, 4) is 17.2 Å². The van der Waals surface area contributed by atoms with E-state index in [2.05, 4.69) is 47.1 Å². The number of carbonyl (C=O) groups excluding carboxylic acids is 1. The predicted molar refractivity (Wildman–Crippen MR) is 147 cm³/mol. The van der Waals surface area contributed by atoms with E-state index in [1.807, 2.05) is 56.3 Å². The van der Waals surface area contributed by atoms with Crippen LogP contribution in [0.3, 0.4) is 0 Å². The molecule has 38 heavy (non-hydrogen) atoms. The minimum atomic E-state index is -0.463. The van der Waals surface area contributed by atoms with Crippen LogP contribution in [0.1, 0.15) is 46.7 Å². The largest absolute Gasteiger partial charge is 0.493 e. The van der Waals surface area contributed by atoms with Crippen molar-refractivity contribution in [1.82, 2.24) is 9.88 Å². The van der Waals surface area contributed by atoms with Gasteiger partial charge in [-0.15, -0.1) is 0 Å². The molecule has 5 rings (SSSR count). The summed E-state index contributed by atoms with van der Waals surface area (Å²) in [6.07, 6.45) is 1.50. The average Bonchev–Trinajstić information content (AvgIpc) is 3.30. The van der Waals surface area contributed by atoms with Crippen LogP contribution in [0.15, 0.2) is 77.2 Å². The Morgan fingerprint density at radius 1 is 1.05 bits per heavy atom. The first-order valence-electron chi connectivity index (χ1n) is 13.3. The lowest BCUT2D eigenvalue weighted by atomic mass is 9.91. The van der Waals surface area contributed by atoms with Crippen molar-refractivity contribution >= 4 is 5.97 Å². The van der Waals surface area contributed by atoms with E-state index >= 15 is 0 Å². The average molecular weight is 511 g/mol. The second kappa shape index (κ2) is 11.7. The zero-order valence-electron chi connectivity index (χ0n) is 22.3. The van der Waals surface area contributed by atoms with E-state index in [4.69, 9.17) is 13.9 Å². The number of hydrogen-bond donors (Lipinski definition) is 0. The second-order valence-electron chi connectivity index (χ2n) is 9.71. The summed E-state index contributed by atoms with van der Waals surface area (Å²) in [6.45, 7) is 8.14. The summed E-state index contributed by atoms with van der Waals surface area (Å²) in [5.74, 6) is 1.94. The lowest BCUT2D eigenvalue weighted by Crippen LogP contribution is -2.40. The van der Waals surface area contributed by atoms with Gasteiger partial charge in [-0.05, 0) is 68.1 Å². The maximum atomic E-state index is 13.2. The molecule has 196 valence electrons. The van der Waals surface area contributed by atoms with Crippen molar-refractivity contribution in [2.75, 3.05) is 19.8 Å². The molecule has 1 unspecified atom stereocenters. The molecule has 3 aromatic carbocycles. The lowest BCUT2D eigenvalue weighted by Gasteiger charge is -2.36. The number of esters is 1. The molecular weight excluding hydrogens is 476 g/mol. The zero-order chi connectivity index (χ0) is 26.5. The smallest absolute Gasteiger partial charge is 0.328 e. The van der Waals surface area contributed by atoms with Crippen molar-refractivity contribution in [1.29, 1.82) is 0 Å². The summed E-state index contributed by atoms with van der Waals surface area (Å²) in [4.78, 5) is 20.0. The summed E-state index contributed by atoms with van der Waals surface area (Å²) < 4.78 is 17.5. The van der Waals surface area contributed by atoms with Crippen LogP contribution in [0.2, 0.25) is 0 Å². The molecule has 0 N–H and O–H groups in total. The van der Waals surface area contributed by atoms with Gasteiger partial charge in [0.05, 0.1) is 18.9 Å². The molecular formula is C32H34N2O4. The fourth-order valence-electron chi connectivity index (χ4n) is 4.96. The van der Waals surface area contributed by atoms with E-state index < -0.39 is 6.04 Å². The van der Waals surface area contributed by atoms with Gasteiger partial charge in [-0.25, -0.2) is 9.78 Å². The fourth-order valence-corrected chi connectivity index (χ4v) is 4.96. The third-order valence-corrected chi connectivity index (χ3v) is 6.98. The normalized spacial score (nSPS) is 15.2. The monoisotopic (exact) mass is 510 g/mol. The number of aromatic nitrogens is 1. The summed E-state index contributed by atoms with van der Waals surface area (Å²) >= 11 is 0. The minimum absolute atomic E-state index is 0.218. The van der Waals surface area contributed by atoms with E-state index in [-0.39, 0.29) is 5.97 Å². The first-order valence-corrected chi connectivity index (χ1v) is 13.3. The van der Waals surface area contributed by atoms with E-state index in [0.717, 1.165) is 46.9 Å². The topological polar surface area (TPSA) is 64.8 Å². The maximum Gasteiger partial charge on any atom is 0.328 e. The highest BCUT2D eigenvalue weighted by molar-refractivity contribution is 5.79. The molecule has 0 fully saturated rings. The van der Waals surface area contributed by atoms with Crippen LogP contribution in [0.4, 0.5) is 0 Å². The Bertz CT molecular complexity index is 1380. The fraction of sp³-hybridized carbons (Fsp3) is 0.312. The van der Waals surface area contributed by atoms with Crippen molar-refractivity contribution in [2.24, 2.45) is 0 Å². The minimum Gasteiger partial charge on any atom is -0.493 e. The van der Waals surface area contributed by atoms with Crippen molar-refractivity contribution in [2.45, 2.75) is 46.2 Å². The van der Waals surface area contributed by atoms with Crippen LogP contribution in [-0.2, 0) is 28.9 Å². The number of benzene rings is 3. The third kappa shape index (κ3) is 5.81. The molecule has 6 nitrogen and oxygen atoms in total. The van der Waals surface area contributed by atoms with Crippen molar-refractivity contribution in [3.05, 3.63) is 107 Å². The number of ether oxygens (including phenoxy) is 2. The van der Waals surface area contributed by atoms with Crippen molar-refractivity contribution in [3.63, 3.8) is 0 Å². The van der Waals surface area contributed by atoms with Crippen LogP contribution < -0.4 is 4.74 Å². The van der Waals surface area contributed by atoms with E-state index in [1.165, 1.54) is 11.1 Å². The number of fused-ring (bicyclic) bond motifs is 1. The van der Waals surface area contributed by atoms with Gasteiger partial charge in [0.15, 0.2) is 0 Å². The van der Waals surface area contributed by atoms with Crippen LogP contribution in [0.5, 0.6) is 5.75 Å². The molecule has 6 heteroatoms. The molecule has 2 heterocycles. The third-order valence-electron chi connectivity index (χ3n) is 6.98. The maximum absolute atomic E-state index is 13.2. The second-order valence-corrected chi connectivity index (χ2v) is 9.71. The van der Waals surface area contributed by atoms with Crippen LogP contribution in [0, 0.1) is 13.8 Å². The number of hydrogen-bond acceptors (Lipinski definition) is 6. The number of rotatable bonds is 9.